The van der Waals surface area contributed by atoms with Crippen LogP contribution in [0.3, 0.4) is 0 Å². The number of likely N-dealkylation sites (N-methyl/N-ethyl adjacent to an activating group) is 1. The largest absolute Gasteiger partial charge is 0.481 e. The Labute approximate surface area is 160 Å². The Kier molecular flexibility index (Phi) is 7.66. The SMILES string of the molecule is CC#CCOc1ccc(S(=O)(=O)N(C)C(C(=O)NO)C2CCCCC2)cc1. The van der Waals surface area contributed by atoms with E-state index in [1.54, 1.807) is 24.5 Å². The molecule has 7 nitrogen and oxygen atoms in total. The van der Waals surface area contributed by atoms with Gasteiger partial charge in [-0.1, -0.05) is 25.2 Å². The van der Waals surface area contributed by atoms with Gasteiger partial charge in [-0.3, -0.25) is 10.0 Å². The Hall–Kier alpha value is -2.08. The number of nitrogens with one attached hydrogen (secondary N) is 1. The number of nitrogens with zero attached hydrogens (tertiary/aromatic N) is 1. The summed E-state index contributed by atoms with van der Waals surface area (Å²) < 4.78 is 32.5. The third-order valence-corrected chi connectivity index (χ3v) is 6.71. The number of carbonyl (C=O) groups is 1. The molecule has 1 atom stereocenters. The van der Waals surface area contributed by atoms with E-state index in [4.69, 9.17) is 9.94 Å². The lowest BCUT2D eigenvalue weighted by Crippen LogP contribution is -2.51. The van der Waals surface area contributed by atoms with Crippen molar-refractivity contribution < 1.29 is 23.2 Å². The van der Waals surface area contributed by atoms with Crippen molar-refractivity contribution in [2.45, 2.75) is 50.0 Å². The smallest absolute Gasteiger partial charge is 0.262 e. The molecular formula is C19H26N2O5S. The van der Waals surface area contributed by atoms with E-state index in [0.717, 1.165) is 36.4 Å². The summed E-state index contributed by atoms with van der Waals surface area (Å²) in [6.45, 7) is 1.93. The zero-order chi connectivity index (χ0) is 19.9. The molecule has 0 aromatic heterocycles. The molecule has 0 spiro atoms. The van der Waals surface area contributed by atoms with E-state index < -0.39 is 22.0 Å². The quantitative estimate of drug-likeness (QED) is 0.420. The van der Waals surface area contributed by atoms with Crippen LogP contribution in [-0.4, -0.2) is 43.5 Å². The first-order chi connectivity index (χ1) is 12.9. The summed E-state index contributed by atoms with van der Waals surface area (Å²) in [5.41, 5.74) is 1.63. The Bertz CT molecular complexity index is 790. The first kappa shape index (κ1) is 21.2. The summed E-state index contributed by atoms with van der Waals surface area (Å²) in [5, 5.41) is 9.11. The van der Waals surface area contributed by atoms with Gasteiger partial charge in [0.2, 0.25) is 10.0 Å². The van der Waals surface area contributed by atoms with Gasteiger partial charge in [-0.2, -0.15) is 4.31 Å². The fourth-order valence-corrected chi connectivity index (χ4v) is 4.79. The molecule has 0 bridgehead atoms. The van der Waals surface area contributed by atoms with Crippen molar-refractivity contribution in [2.24, 2.45) is 5.92 Å². The Morgan fingerprint density at radius 1 is 1.30 bits per heavy atom. The molecule has 1 amide bonds. The van der Waals surface area contributed by atoms with Gasteiger partial charge in [0.1, 0.15) is 18.4 Å². The fraction of sp³-hybridized carbons (Fsp3) is 0.526. The van der Waals surface area contributed by atoms with Crippen LogP contribution in [0.15, 0.2) is 29.2 Å². The number of benzene rings is 1. The number of hydrogen-bond donors (Lipinski definition) is 2. The first-order valence-electron chi connectivity index (χ1n) is 8.96. The third kappa shape index (κ3) is 5.22. The molecule has 0 saturated heterocycles. The third-order valence-electron chi connectivity index (χ3n) is 4.86. The first-order valence-corrected chi connectivity index (χ1v) is 10.4. The predicted molar refractivity (Wildman–Crippen MR) is 101 cm³/mol. The van der Waals surface area contributed by atoms with Crippen molar-refractivity contribution in [2.75, 3.05) is 13.7 Å². The summed E-state index contributed by atoms with van der Waals surface area (Å²) in [6, 6.07) is 5.04. The zero-order valence-corrected chi connectivity index (χ0v) is 16.5. The minimum atomic E-state index is -3.91. The second-order valence-corrected chi connectivity index (χ2v) is 8.52. The molecule has 0 heterocycles. The number of carbonyl (C=O) groups excluding carboxylic acids is 1. The molecule has 27 heavy (non-hydrogen) atoms. The van der Waals surface area contributed by atoms with Crippen LogP contribution >= 0.6 is 0 Å². The highest BCUT2D eigenvalue weighted by Crippen LogP contribution is 2.31. The van der Waals surface area contributed by atoms with Crippen LogP contribution < -0.4 is 10.2 Å². The van der Waals surface area contributed by atoms with E-state index in [0.29, 0.717) is 5.75 Å². The van der Waals surface area contributed by atoms with Gasteiger partial charge in [0, 0.05) is 7.05 Å². The molecule has 1 aliphatic carbocycles. The maximum atomic E-state index is 13.0. The number of amides is 1. The van der Waals surface area contributed by atoms with Crippen molar-refractivity contribution in [1.82, 2.24) is 9.79 Å². The van der Waals surface area contributed by atoms with E-state index in [2.05, 4.69) is 11.8 Å². The molecule has 2 rings (SSSR count). The fourth-order valence-electron chi connectivity index (χ4n) is 3.41. The van der Waals surface area contributed by atoms with Crippen LogP contribution in [0.2, 0.25) is 0 Å². The number of ether oxygens (including phenoxy) is 1. The van der Waals surface area contributed by atoms with Gasteiger partial charge in [-0.15, -0.1) is 5.92 Å². The van der Waals surface area contributed by atoms with E-state index in [1.807, 2.05) is 0 Å². The molecule has 0 aliphatic heterocycles. The normalized spacial score (nSPS) is 16.3. The minimum absolute atomic E-state index is 0.0606. The van der Waals surface area contributed by atoms with Gasteiger partial charge in [0.25, 0.3) is 5.91 Å². The van der Waals surface area contributed by atoms with E-state index >= 15 is 0 Å². The highest BCUT2D eigenvalue weighted by Gasteiger charge is 2.38. The minimum Gasteiger partial charge on any atom is -0.481 e. The molecular weight excluding hydrogens is 368 g/mol. The van der Waals surface area contributed by atoms with E-state index in [1.165, 1.54) is 19.2 Å². The van der Waals surface area contributed by atoms with Crippen LogP contribution in [-0.2, 0) is 14.8 Å². The molecule has 2 N–H and O–H groups in total. The molecule has 1 fully saturated rings. The Morgan fingerprint density at radius 3 is 2.48 bits per heavy atom. The summed E-state index contributed by atoms with van der Waals surface area (Å²) in [4.78, 5) is 12.3. The lowest BCUT2D eigenvalue weighted by molar-refractivity contribution is -0.135. The molecule has 1 unspecified atom stereocenters. The molecule has 8 heteroatoms. The summed E-state index contributed by atoms with van der Waals surface area (Å²) in [5.74, 6) is 5.16. The van der Waals surface area contributed by atoms with Crippen molar-refractivity contribution in [3.63, 3.8) is 0 Å². The lowest BCUT2D eigenvalue weighted by atomic mass is 9.83. The van der Waals surface area contributed by atoms with Crippen LogP contribution in [0.1, 0.15) is 39.0 Å². The summed E-state index contributed by atoms with van der Waals surface area (Å²) >= 11 is 0. The second-order valence-electron chi connectivity index (χ2n) is 6.53. The number of hydroxylamine groups is 1. The molecule has 1 saturated carbocycles. The number of sulfonamides is 1. The summed E-state index contributed by atoms with van der Waals surface area (Å²) in [7, 11) is -2.53. The van der Waals surface area contributed by atoms with Gasteiger partial charge in [-0.25, -0.2) is 13.9 Å². The van der Waals surface area contributed by atoms with Crippen LogP contribution in [0, 0.1) is 17.8 Å². The molecule has 148 valence electrons. The van der Waals surface area contributed by atoms with Crippen LogP contribution in [0.5, 0.6) is 5.75 Å². The monoisotopic (exact) mass is 394 g/mol. The topological polar surface area (TPSA) is 95.9 Å². The summed E-state index contributed by atoms with van der Waals surface area (Å²) in [6.07, 6.45) is 4.47. The van der Waals surface area contributed by atoms with Crippen molar-refractivity contribution >= 4 is 15.9 Å². The maximum absolute atomic E-state index is 13.0. The highest BCUT2D eigenvalue weighted by atomic mass is 32.2. The van der Waals surface area contributed by atoms with Crippen molar-refractivity contribution in [1.29, 1.82) is 0 Å². The zero-order valence-electron chi connectivity index (χ0n) is 15.6. The van der Waals surface area contributed by atoms with Gasteiger partial charge in [-0.05, 0) is 49.9 Å². The molecule has 0 radical (unpaired) electrons. The molecule has 1 aliphatic rings. The van der Waals surface area contributed by atoms with Gasteiger partial charge in [0.05, 0.1) is 4.90 Å². The standard InChI is InChI=1S/C19H26N2O5S/c1-3-4-14-26-16-10-12-17(13-11-16)27(24,25)21(2)18(19(22)20-23)15-8-6-5-7-9-15/h10-13,15,18,23H,5-9,14H2,1-2H3,(H,20,22). The average Bonchev–Trinajstić information content (AvgIpc) is 2.69. The second kappa shape index (κ2) is 9.74. The average molecular weight is 394 g/mol. The Balaban J connectivity index is 2.23. The van der Waals surface area contributed by atoms with Gasteiger partial charge >= 0.3 is 0 Å². The Morgan fingerprint density at radius 2 is 1.93 bits per heavy atom. The van der Waals surface area contributed by atoms with Crippen molar-refractivity contribution in [3.05, 3.63) is 24.3 Å². The highest BCUT2D eigenvalue weighted by molar-refractivity contribution is 7.89. The number of rotatable bonds is 7. The predicted octanol–water partition coefficient (Wildman–Crippen LogP) is 2.16. The van der Waals surface area contributed by atoms with Gasteiger partial charge in [0.15, 0.2) is 0 Å². The molecule has 1 aromatic carbocycles. The van der Waals surface area contributed by atoms with Gasteiger partial charge < -0.3 is 4.74 Å². The van der Waals surface area contributed by atoms with Crippen molar-refractivity contribution in [3.8, 4) is 17.6 Å². The lowest BCUT2D eigenvalue weighted by Gasteiger charge is -2.34. The van der Waals surface area contributed by atoms with E-state index in [9.17, 15) is 13.2 Å². The number of hydrogen-bond acceptors (Lipinski definition) is 5. The van der Waals surface area contributed by atoms with Crippen LogP contribution in [0.25, 0.3) is 0 Å². The maximum Gasteiger partial charge on any atom is 0.262 e. The van der Waals surface area contributed by atoms with E-state index in [-0.39, 0.29) is 17.4 Å². The molecule has 1 aromatic rings. The van der Waals surface area contributed by atoms with Crippen LogP contribution in [0.4, 0.5) is 0 Å².